The van der Waals surface area contributed by atoms with Crippen molar-refractivity contribution in [2.75, 3.05) is 20.6 Å². The minimum absolute atomic E-state index is 0.616. The number of hydrogen-bond acceptors (Lipinski definition) is 1. The van der Waals surface area contributed by atoms with Crippen LogP contribution in [0.1, 0.15) is 18.2 Å². The second-order valence-electron chi connectivity index (χ2n) is 6.15. The van der Waals surface area contributed by atoms with Gasteiger partial charge in [0.15, 0.2) is 0 Å². The van der Waals surface area contributed by atoms with E-state index in [9.17, 15) is 0 Å². The molecular formula is C17H24NO+. The summed E-state index contributed by atoms with van der Waals surface area (Å²) in [6.45, 7) is 4.52. The zero-order valence-corrected chi connectivity index (χ0v) is 12.2. The Morgan fingerprint density at radius 3 is 2.42 bits per heavy atom. The molecule has 2 heteroatoms. The number of nitrogens with zero attached hydrogens (tertiary/aromatic N) is 1. The molecule has 0 aliphatic carbocycles. The van der Waals surface area contributed by atoms with Crippen molar-refractivity contribution < 1.29 is 8.90 Å². The first-order valence-electron chi connectivity index (χ1n) is 6.93. The van der Waals surface area contributed by atoms with Crippen molar-refractivity contribution in [3.63, 3.8) is 0 Å². The monoisotopic (exact) mass is 258 g/mol. The van der Waals surface area contributed by atoms with E-state index in [2.05, 4.69) is 57.4 Å². The normalized spacial score (nSPS) is 13.4. The average Bonchev–Trinajstić information content (AvgIpc) is 2.81. The van der Waals surface area contributed by atoms with Crippen molar-refractivity contribution in [3.8, 4) is 0 Å². The molecule has 0 amide bonds. The van der Waals surface area contributed by atoms with Crippen LogP contribution in [0.15, 0.2) is 53.1 Å². The van der Waals surface area contributed by atoms with E-state index < -0.39 is 0 Å². The van der Waals surface area contributed by atoms with Gasteiger partial charge in [-0.3, -0.25) is 0 Å². The summed E-state index contributed by atoms with van der Waals surface area (Å²) in [6, 6.07) is 14.7. The smallest absolute Gasteiger partial charge is 0.104 e. The summed E-state index contributed by atoms with van der Waals surface area (Å²) >= 11 is 0. The maximum absolute atomic E-state index is 5.43. The average molecular weight is 258 g/mol. The van der Waals surface area contributed by atoms with Crippen LogP contribution in [0.3, 0.4) is 0 Å². The van der Waals surface area contributed by atoms with Crippen LogP contribution in [0, 0.1) is 5.92 Å². The molecule has 102 valence electrons. The van der Waals surface area contributed by atoms with E-state index in [1.807, 2.05) is 6.07 Å². The summed E-state index contributed by atoms with van der Waals surface area (Å²) in [7, 11) is 4.59. The maximum Gasteiger partial charge on any atom is 0.104 e. The minimum atomic E-state index is 0.616. The highest BCUT2D eigenvalue weighted by molar-refractivity contribution is 5.13. The molecule has 2 nitrogen and oxygen atoms in total. The van der Waals surface area contributed by atoms with Gasteiger partial charge in [-0.25, -0.2) is 0 Å². The number of furan rings is 1. The molecule has 2 aromatic rings. The van der Waals surface area contributed by atoms with Gasteiger partial charge in [-0.05, 0) is 12.1 Å². The van der Waals surface area contributed by atoms with E-state index in [4.69, 9.17) is 4.42 Å². The highest BCUT2D eigenvalue weighted by Crippen LogP contribution is 2.16. The first-order chi connectivity index (χ1) is 9.05. The summed E-state index contributed by atoms with van der Waals surface area (Å²) in [4.78, 5) is 0. The van der Waals surface area contributed by atoms with Crippen LogP contribution in [0.4, 0.5) is 0 Å². The molecule has 0 aliphatic heterocycles. The lowest BCUT2D eigenvalue weighted by atomic mass is 10.0. The molecule has 1 atom stereocenters. The molecule has 19 heavy (non-hydrogen) atoms. The fraction of sp³-hybridized carbons (Fsp3) is 0.412. The molecular weight excluding hydrogens is 234 g/mol. The van der Waals surface area contributed by atoms with E-state index in [-0.39, 0.29) is 0 Å². The fourth-order valence-corrected chi connectivity index (χ4v) is 2.82. The summed E-state index contributed by atoms with van der Waals surface area (Å²) < 4.78 is 6.44. The Labute approximate surface area is 116 Å². The zero-order valence-electron chi connectivity index (χ0n) is 12.2. The van der Waals surface area contributed by atoms with Crippen molar-refractivity contribution in [2.45, 2.75) is 19.9 Å². The van der Waals surface area contributed by atoms with Crippen LogP contribution < -0.4 is 0 Å². The van der Waals surface area contributed by atoms with Crippen LogP contribution in [0.25, 0.3) is 0 Å². The van der Waals surface area contributed by atoms with Crippen molar-refractivity contribution in [3.05, 3.63) is 60.1 Å². The predicted molar refractivity (Wildman–Crippen MR) is 78.7 cm³/mol. The van der Waals surface area contributed by atoms with E-state index >= 15 is 0 Å². The molecule has 0 saturated heterocycles. The van der Waals surface area contributed by atoms with Gasteiger partial charge in [-0.1, -0.05) is 37.3 Å². The van der Waals surface area contributed by atoms with Gasteiger partial charge in [0.25, 0.3) is 0 Å². The third kappa shape index (κ3) is 4.56. The zero-order chi connectivity index (χ0) is 13.7. The Kier molecular flexibility index (Phi) is 4.43. The van der Waals surface area contributed by atoms with E-state index in [0.29, 0.717) is 5.92 Å². The number of quaternary nitrogens is 1. The number of hydrogen-bond donors (Lipinski definition) is 0. The predicted octanol–water partition coefficient (Wildman–Crippen LogP) is 3.73. The van der Waals surface area contributed by atoms with E-state index in [0.717, 1.165) is 29.8 Å². The molecule has 0 aliphatic rings. The van der Waals surface area contributed by atoms with Gasteiger partial charge in [0.2, 0.25) is 0 Å². The Morgan fingerprint density at radius 1 is 1.05 bits per heavy atom. The van der Waals surface area contributed by atoms with Gasteiger partial charge < -0.3 is 8.90 Å². The van der Waals surface area contributed by atoms with Crippen LogP contribution in [-0.4, -0.2) is 25.1 Å². The van der Waals surface area contributed by atoms with Crippen molar-refractivity contribution >= 4 is 0 Å². The van der Waals surface area contributed by atoms with E-state index in [1.54, 1.807) is 6.26 Å². The van der Waals surface area contributed by atoms with Gasteiger partial charge in [-0.2, -0.15) is 0 Å². The molecule has 0 spiro atoms. The van der Waals surface area contributed by atoms with Crippen LogP contribution in [0.5, 0.6) is 0 Å². The van der Waals surface area contributed by atoms with Crippen molar-refractivity contribution in [1.82, 2.24) is 0 Å². The number of benzene rings is 1. The van der Waals surface area contributed by atoms with Crippen LogP contribution in [0.2, 0.25) is 0 Å². The van der Waals surface area contributed by atoms with Gasteiger partial charge in [-0.15, -0.1) is 0 Å². The molecule has 0 radical (unpaired) electrons. The Balaban J connectivity index is 1.89. The van der Waals surface area contributed by atoms with Gasteiger partial charge in [0, 0.05) is 17.9 Å². The highest BCUT2D eigenvalue weighted by Gasteiger charge is 2.20. The van der Waals surface area contributed by atoms with Crippen LogP contribution in [-0.2, 0) is 13.0 Å². The van der Waals surface area contributed by atoms with Crippen molar-refractivity contribution in [2.24, 2.45) is 5.92 Å². The largest absolute Gasteiger partial charge is 0.469 e. The summed E-state index contributed by atoms with van der Waals surface area (Å²) in [6.07, 6.45) is 2.77. The molecule has 0 saturated carbocycles. The third-order valence-electron chi connectivity index (χ3n) is 3.39. The molecule has 1 unspecified atom stereocenters. The lowest BCUT2D eigenvalue weighted by Crippen LogP contribution is -2.42. The summed E-state index contributed by atoms with van der Waals surface area (Å²) in [5.74, 6) is 1.71. The Bertz CT molecular complexity index is 473. The molecule has 2 rings (SSSR count). The van der Waals surface area contributed by atoms with E-state index in [1.165, 1.54) is 5.56 Å². The summed E-state index contributed by atoms with van der Waals surface area (Å²) in [5.41, 5.74) is 1.40. The first-order valence-corrected chi connectivity index (χ1v) is 6.93. The van der Waals surface area contributed by atoms with Gasteiger partial charge in [0.05, 0.1) is 26.9 Å². The highest BCUT2D eigenvalue weighted by atomic mass is 16.3. The first kappa shape index (κ1) is 13.9. The quantitative estimate of drug-likeness (QED) is 0.719. The molecule has 0 N–H and O–H groups in total. The molecule has 0 fully saturated rings. The lowest BCUT2D eigenvalue weighted by molar-refractivity contribution is -0.906. The van der Waals surface area contributed by atoms with Gasteiger partial charge in [0.1, 0.15) is 12.3 Å². The summed E-state index contributed by atoms with van der Waals surface area (Å²) in [5, 5.41) is 0. The van der Waals surface area contributed by atoms with Crippen LogP contribution >= 0.6 is 0 Å². The molecule has 1 aromatic heterocycles. The molecule has 0 bridgehead atoms. The molecule has 1 aromatic carbocycles. The SMILES string of the molecule is CC(Cc1ccco1)C[N+](C)(C)Cc1ccccc1. The van der Waals surface area contributed by atoms with Crippen molar-refractivity contribution in [1.29, 1.82) is 0 Å². The fourth-order valence-electron chi connectivity index (χ4n) is 2.82. The second kappa shape index (κ2) is 6.07. The molecule has 1 heterocycles. The maximum atomic E-state index is 5.43. The Morgan fingerprint density at radius 2 is 1.79 bits per heavy atom. The minimum Gasteiger partial charge on any atom is -0.469 e. The Hall–Kier alpha value is -1.54. The lowest BCUT2D eigenvalue weighted by Gasteiger charge is -2.32. The number of rotatable bonds is 6. The standard InChI is InChI=1S/C17H24NO/c1-15(12-17-10-7-11-19-17)13-18(2,3)14-16-8-5-4-6-9-16/h4-11,15H,12-14H2,1-3H3/q+1. The topological polar surface area (TPSA) is 13.1 Å². The van der Waals surface area contributed by atoms with Gasteiger partial charge >= 0.3 is 0 Å². The third-order valence-corrected chi connectivity index (χ3v) is 3.39. The second-order valence-corrected chi connectivity index (χ2v) is 6.15.